The molecule has 0 aromatic heterocycles. The number of hydrogen-bond acceptors (Lipinski definition) is 4. The third kappa shape index (κ3) is 13.4. The fourth-order valence-corrected chi connectivity index (χ4v) is 6.29. The molecule has 3 atom stereocenters. The first-order valence-corrected chi connectivity index (χ1v) is 13.3. The number of rotatable bonds is 18. The van der Waals surface area contributed by atoms with Gasteiger partial charge >= 0.3 is 5.97 Å². The van der Waals surface area contributed by atoms with E-state index in [-0.39, 0.29) is 5.97 Å². The highest BCUT2D eigenvalue weighted by molar-refractivity contribution is 8.03. The van der Waals surface area contributed by atoms with E-state index >= 15 is 0 Å². The summed E-state index contributed by atoms with van der Waals surface area (Å²) < 4.78 is 4.67. The van der Waals surface area contributed by atoms with Gasteiger partial charge in [-0.25, -0.2) is 0 Å². The van der Waals surface area contributed by atoms with Gasteiger partial charge in [0, 0.05) is 16.9 Å². The molecule has 0 heterocycles. The molecule has 0 aliphatic heterocycles. The number of esters is 1. The van der Waals surface area contributed by atoms with Crippen molar-refractivity contribution in [2.75, 3.05) is 19.6 Å². The SMILES string of the molecule is CCCCCC(SC)C(SC)C(C)CCCCCCCCCC(=O)OC. The molecule has 0 aromatic carbocycles. The summed E-state index contributed by atoms with van der Waals surface area (Å²) >= 11 is 4.18. The van der Waals surface area contributed by atoms with Crippen molar-refractivity contribution in [2.24, 2.45) is 5.92 Å². The topological polar surface area (TPSA) is 26.3 Å². The molecule has 0 aliphatic rings. The molecule has 4 heteroatoms. The maximum Gasteiger partial charge on any atom is 0.305 e. The molecule has 0 aromatic rings. The normalized spacial score (nSPS) is 14.8. The Morgan fingerprint density at radius 1 is 0.846 bits per heavy atom. The van der Waals surface area contributed by atoms with E-state index in [9.17, 15) is 4.79 Å². The van der Waals surface area contributed by atoms with E-state index in [1.807, 2.05) is 0 Å². The van der Waals surface area contributed by atoms with Crippen LogP contribution < -0.4 is 0 Å². The number of unbranched alkanes of at least 4 members (excludes halogenated alkanes) is 8. The highest BCUT2D eigenvalue weighted by atomic mass is 32.2. The molecule has 0 radical (unpaired) electrons. The molecule has 3 unspecified atom stereocenters. The monoisotopic (exact) mass is 404 g/mol. The fraction of sp³-hybridized carbons (Fsp3) is 0.955. The average Bonchev–Trinajstić information content (AvgIpc) is 2.65. The van der Waals surface area contributed by atoms with Crippen molar-refractivity contribution in [3.8, 4) is 0 Å². The Morgan fingerprint density at radius 3 is 1.96 bits per heavy atom. The average molecular weight is 405 g/mol. The predicted molar refractivity (Wildman–Crippen MR) is 121 cm³/mol. The molecule has 0 rings (SSSR count). The number of carbonyl (C=O) groups is 1. The minimum absolute atomic E-state index is 0.0689. The van der Waals surface area contributed by atoms with Crippen molar-refractivity contribution < 1.29 is 9.53 Å². The van der Waals surface area contributed by atoms with Gasteiger partial charge in [-0.05, 0) is 37.7 Å². The number of methoxy groups -OCH3 is 1. The van der Waals surface area contributed by atoms with Crippen molar-refractivity contribution >= 4 is 29.5 Å². The van der Waals surface area contributed by atoms with Crippen LogP contribution in [0.25, 0.3) is 0 Å². The smallest absolute Gasteiger partial charge is 0.305 e. The quantitative estimate of drug-likeness (QED) is 0.176. The molecule has 0 aliphatic carbocycles. The summed E-state index contributed by atoms with van der Waals surface area (Å²) in [4.78, 5) is 11.0. The predicted octanol–water partition coefficient (Wildman–Crippen LogP) is 7.35. The van der Waals surface area contributed by atoms with E-state index in [0.717, 1.165) is 29.3 Å². The van der Waals surface area contributed by atoms with Crippen LogP contribution in [0, 0.1) is 5.92 Å². The molecule has 0 bridgehead atoms. The van der Waals surface area contributed by atoms with Crippen LogP contribution in [0.5, 0.6) is 0 Å². The van der Waals surface area contributed by atoms with Crippen molar-refractivity contribution in [2.45, 2.75) is 108 Å². The summed E-state index contributed by atoms with van der Waals surface area (Å²) in [6, 6.07) is 0. The van der Waals surface area contributed by atoms with Gasteiger partial charge < -0.3 is 4.74 Å². The molecule has 0 fully saturated rings. The second kappa shape index (κ2) is 18.5. The minimum Gasteiger partial charge on any atom is -0.469 e. The second-order valence-corrected chi connectivity index (χ2v) is 9.63. The third-order valence-corrected chi connectivity index (χ3v) is 8.01. The summed E-state index contributed by atoms with van der Waals surface area (Å²) in [7, 11) is 1.47. The van der Waals surface area contributed by atoms with Crippen molar-refractivity contribution in [1.82, 2.24) is 0 Å². The van der Waals surface area contributed by atoms with Crippen molar-refractivity contribution in [3.63, 3.8) is 0 Å². The fourth-order valence-electron chi connectivity index (χ4n) is 3.65. The highest BCUT2D eigenvalue weighted by Crippen LogP contribution is 2.33. The van der Waals surface area contributed by atoms with Crippen LogP contribution >= 0.6 is 23.5 Å². The lowest BCUT2D eigenvalue weighted by molar-refractivity contribution is -0.140. The van der Waals surface area contributed by atoms with Gasteiger partial charge in [-0.15, -0.1) is 0 Å². The number of carbonyl (C=O) groups excluding carboxylic acids is 1. The van der Waals surface area contributed by atoms with Gasteiger partial charge in [0.25, 0.3) is 0 Å². The lowest BCUT2D eigenvalue weighted by Gasteiger charge is -2.29. The zero-order chi connectivity index (χ0) is 19.6. The first kappa shape index (κ1) is 26.2. The number of thioether (sulfide) groups is 2. The van der Waals surface area contributed by atoms with Crippen LogP contribution in [0.4, 0.5) is 0 Å². The Labute approximate surface area is 172 Å². The molecule has 156 valence electrons. The van der Waals surface area contributed by atoms with Crippen LogP contribution in [0.15, 0.2) is 0 Å². The Bertz CT molecular complexity index is 323. The van der Waals surface area contributed by atoms with Gasteiger partial charge in [0.15, 0.2) is 0 Å². The van der Waals surface area contributed by atoms with Crippen molar-refractivity contribution in [1.29, 1.82) is 0 Å². The van der Waals surface area contributed by atoms with Crippen LogP contribution in [0.1, 0.15) is 97.3 Å². The van der Waals surface area contributed by atoms with Gasteiger partial charge in [0.2, 0.25) is 0 Å². The zero-order valence-corrected chi connectivity index (χ0v) is 19.7. The summed E-state index contributed by atoms with van der Waals surface area (Å²) in [5.41, 5.74) is 0. The summed E-state index contributed by atoms with van der Waals surface area (Å²) in [6.45, 7) is 4.76. The second-order valence-electron chi connectivity index (χ2n) is 7.54. The largest absolute Gasteiger partial charge is 0.469 e. The van der Waals surface area contributed by atoms with Crippen LogP contribution in [-0.4, -0.2) is 36.1 Å². The van der Waals surface area contributed by atoms with E-state index in [2.05, 4.69) is 54.6 Å². The van der Waals surface area contributed by atoms with Crippen molar-refractivity contribution in [3.05, 3.63) is 0 Å². The van der Waals surface area contributed by atoms with E-state index in [1.54, 1.807) is 0 Å². The van der Waals surface area contributed by atoms with Crippen LogP contribution in [0.2, 0.25) is 0 Å². The van der Waals surface area contributed by atoms with Gasteiger partial charge in [0.05, 0.1) is 7.11 Å². The Kier molecular flexibility index (Phi) is 18.7. The zero-order valence-electron chi connectivity index (χ0n) is 18.1. The highest BCUT2D eigenvalue weighted by Gasteiger charge is 2.24. The Balaban J connectivity index is 3.79. The van der Waals surface area contributed by atoms with Gasteiger partial charge in [0.1, 0.15) is 0 Å². The Morgan fingerprint density at radius 2 is 1.42 bits per heavy atom. The molecule has 2 nitrogen and oxygen atoms in total. The van der Waals surface area contributed by atoms with Crippen LogP contribution in [0.3, 0.4) is 0 Å². The van der Waals surface area contributed by atoms with Gasteiger partial charge in [-0.1, -0.05) is 71.6 Å². The number of hydrogen-bond donors (Lipinski definition) is 0. The molecular formula is C22H44O2S2. The van der Waals surface area contributed by atoms with E-state index in [1.165, 1.54) is 71.3 Å². The summed E-state index contributed by atoms with van der Waals surface area (Å²) in [5, 5.41) is 1.63. The van der Waals surface area contributed by atoms with E-state index in [0.29, 0.717) is 6.42 Å². The maximum atomic E-state index is 11.0. The standard InChI is InChI=1S/C22H44O2S2/c1-6-7-13-17-20(25-4)22(26-5)19(2)16-14-11-9-8-10-12-15-18-21(23)24-3/h19-20,22H,6-18H2,1-5H3. The Hall–Kier alpha value is 0.170. The van der Waals surface area contributed by atoms with Gasteiger partial charge in [-0.2, -0.15) is 23.5 Å². The molecule has 26 heavy (non-hydrogen) atoms. The molecule has 0 N–H and O–H groups in total. The summed E-state index contributed by atoms with van der Waals surface area (Å²) in [6.07, 6.45) is 20.8. The molecule has 0 amide bonds. The van der Waals surface area contributed by atoms with Gasteiger partial charge in [-0.3, -0.25) is 4.79 Å². The molecular weight excluding hydrogens is 360 g/mol. The lowest BCUT2D eigenvalue weighted by Crippen LogP contribution is -2.27. The maximum absolute atomic E-state index is 11.0. The molecule has 0 saturated carbocycles. The van der Waals surface area contributed by atoms with E-state index in [4.69, 9.17) is 0 Å². The molecule has 0 saturated heterocycles. The third-order valence-electron chi connectivity index (χ3n) is 5.36. The number of ether oxygens (including phenoxy) is 1. The van der Waals surface area contributed by atoms with E-state index < -0.39 is 0 Å². The first-order valence-electron chi connectivity index (χ1n) is 10.7. The lowest BCUT2D eigenvalue weighted by atomic mass is 9.95. The summed E-state index contributed by atoms with van der Waals surface area (Å²) in [5.74, 6) is 0.754. The van der Waals surface area contributed by atoms with Crippen LogP contribution in [-0.2, 0) is 9.53 Å². The molecule has 0 spiro atoms. The minimum atomic E-state index is -0.0689. The first-order chi connectivity index (χ1) is 12.6.